The summed E-state index contributed by atoms with van der Waals surface area (Å²) in [4.78, 5) is 12.0. The minimum Gasteiger partial charge on any atom is -0.370 e. The summed E-state index contributed by atoms with van der Waals surface area (Å²) < 4.78 is 31.0. The average molecular weight is 240 g/mol. The number of benzene rings is 1. The van der Waals surface area contributed by atoms with Crippen molar-refractivity contribution in [1.29, 1.82) is 0 Å². The first-order valence-electron chi connectivity index (χ1n) is 5.60. The van der Waals surface area contributed by atoms with Crippen molar-refractivity contribution in [2.24, 2.45) is 0 Å². The van der Waals surface area contributed by atoms with Crippen LogP contribution in [-0.2, 0) is 16.0 Å². The summed E-state index contributed by atoms with van der Waals surface area (Å²) in [7, 11) is 1.52. The molecule has 17 heavy (non-hydrogen) atoms. The van der Waals surface area contributed by atoms with Crippen molar-refractivity contribution in [3.63, 3.8) is 0 Å². The second-order valence-electron chi connectivity index (χ2n) is 4.40. The largest absolute Gasteiger partial charge is 0.370 e. The second kappa shape index (κ2) is 4.53. The van der Waals surface area contributed by atoms with Gasteiger partial charge in [-0.3, -0.25) is 4.79 Å². The van der Waals surface area contributed by atoms with Crippen LogP contribution >= 0.6 is 0 Å². The first-order valence-corrected chi connectivity index (χ1v) is 5.60. The van der Waals surface area contributed by atoms with Gasteiger partial charge in [-0.25, -0.2) is 8.78 Å². The predicted molar refractivity (Wildman–Crippen MR) is 58.7 cm³/mol. The third kappa shape index (κ3) is 2.22. The molecule has 1 aromatic rings. The fourth-order valence-electron chi connectivity index (χ4n) is 2.09. The van der Waals surface area contributed by atoms with Crippen molar-refractivity contribution in [1.82, 2.24) is 0 Å². The zero-order chi connectivity index (χ0) is 12.5. The van der Waals surface area contributed by atoms with E-state index in [1.54, 1.807) is 0 Å². The van der Waals surface area contributed by atoms with Crippen LogP contribution in [0.4, 0.5) is 8.78 Å². The van der Waals surface area contributed by atoms with Crippen molar-refractivity contribution >= 4 is 5.78 Å². The van der Waals surface area contributed by atoms with Crippen LogP contribution in [0, 0.1) is 11.6 Å². The number of carbonyl (C=O) groups excluding carboxylic acids is 1. The van der Waals surface area contributed by atoms with Gasteiger partial charge in [0.25, 0.3) is 0 Å². The zero-order valence-corrected chi connectivity index (χ0v) is 9.63. The average Bonchev–Trinajstić information content (AvgIpc) is 2.23. The molecule has 1 fully saturated rings. The lowest BCUT2D eigenvalue weighted by atomic mass is 9.75. The van der Waals surface area contributed by atoms with E-state index in [-0.39, 0.29) is 12.2 Å². The molecule has 0 atom stereocenters. The van der Waals surface area contributed by atoms with Crippen molar-refractivity contribution in [3.8, 4) is 0 Å². The Balaban J connectivity index is 2.10. The summed E-state index contributed by atoms with van der Waals surface area (Å²) in [5, 5.41) is 0. The molecule has 2 nitrogen and oxygen atoms in total. The Hall–Kier alpha value is -1.29. The molecule has 0 radical (unpaired) electrons. The van der Waals surface area contributed by atoms with Gasteiger partial charge in [-0.1, -0.05) is 6.07 Å². The van der Waals surface area contributed by atoms with Crippen LogP contribution in [0.5, 0.6) is 0 Å². The van der Waals surface area contributed by atoms with E-state index in [9.17, 15) is 13.6 Å². The lowest BCUT2D eigenvalue weighted by Gasteiger charge is -2.38. The van der Waals surface area contributed by atoms with Gasteiger partial charge in [0, 0.05) is 13.5 Å². The number of Topliss-reactive ketones (excluding diaryl/α,β-unsaturated/α-hetero) is 1. The molecule has 0 aromatic heterocycles. The molecule has 4 heteroatoms. The molecule has 0 amide bonds. The highest BCUT2D eigenvalue weighted by Gasteiger charge is 2.43. The van der Waals surface area contributed by atoms with Gasteiger partial charge in [0.1, 0.15) is 5.60 Å². The fourth-order valence-corrected chi connectivity index (χ4v) is 2.09. The Labute approximate surface area is 98.6 Å². The first kappa shape index (κ1) is 12.2. The van der Waals surface area contributed by atoms with Crippen LogP contribution in [-0.4, -0.2) is 18.5 Å². The summed E-state index contributed by atoms with van der Waals surface area (Å²) in [5.41, 5.74) is -0.206. The smallest absolute Gasteiger partial charge is 0.168 e. The van der Waals surface area contributed by atoms with Crippen LogP contribution in [0.1, 0.15) is 24.8 Å². The number of rotatable bonds is 4. The summed E-state index contributed by atoms with van der Waals surface area (Å²) >= 11 is 0. The van der Waals surface area contributed by atoms with E-state index < -0.39 is 17.2 Å². The molecule has 1 saturated carbocycles. The summed E-state index contributed by atoms with van der Waals surface area (Å²) in [5.74, 6) is -1.88. The van der Waals surface area contributed by atoms with Crippen molar-refractivity contribution < 1.29 is 18.3 Å². The number of ketones is 1. The van der Waals surface area contributed by atoms with Gasteiger partial charge in [0.2, 0.25) is 0 Å². The molecule has 0 N–H and O–H groups in total. The molecule has 0 saturated heterocycles. The van der Waals surface area contributed by atoms with E-state index in [1.807, 2.05) is 0 Å². The lowest BCUT2D eigenvalue weighted by molar-refractivity contribution is -0.151. The van der Waals surface area contributed by atoms with Gasteiger partial charge in [-0.15, -0.1) is 0 Å². The van der Waals surface area contributed by atoms with E-state index in [1.165, 1.54) is 13.2 Å². The monoisotopic (exact) mass is 240 g/mol. The van der Waals surface area contributed by atoms with Crippen molar-refractivity contribution in [2.45, 2.75) is 31.3 Å². The second-order valence-corrected chi connectivity index (χ2v) is 4.40. The highest BCUT2D eigenvalue weighted by atomic mass is 19.2. The predicted octanol–water partition coefficient (Wildman–Crippen LogP) is 2.65. The third-order valence-corrected chi connectivity index (χ3v) is 3.41. The highest BCUT2D eigenvalue weighted by molar-refractivity contribution is 5.90. The maximum Gasteiger partial charge on any atom is 0.168 e. The van der Waals surface area contributed by atoms with Crippen LogP contribution in [0.3, 0.4) is 0 Å². The Morgan fingerprint density at radius 1 is 1.35 bits per heavy atom. The number of hydrogen-bond donors (Lipinski definition) is 0. The molecule has 1 aliphatic rings. The van der Waals surface area contributed by atoms with Gasteiger partial charge in [0.15, 0.2) is 17.4 Å². The lowest BCUT2D eigenvalue weighted by Crippen LogP contribution is -2.47. The van der Waals surface area contributed by atoms with Crippen molar-refractivity contribution in [2.75, 3.05) is 7.11 Å². The highest BCUT2D eigenvalue weighted by Crippen LogP contribution is 2.36. The molecule has 2 rings (SSSR count). The van der Waals surface area contributed by atoms with Gasteiger partial charge < -0.3 is 4.74 Å². The molecular weight excluding hydrogens is 226 g/mol. The van der Waals surface area contributed by atoms with Crippen LogP contribution in [0.25, 0.3) is 0 Å². The van der Waals surface area contributed by atoms with Crippen LogP contribution < -0.4 is 0 Å². The number of carbonyl (C=O) groups is 1. The standard InChI is InChI=1S/C13H14F2O2/c1-17-13(5-2-6-13)12(16)8-9-3-4-10(14)11(15)7-9/h3-4,7H,2,5-6,8H2,1H3. The molecule has 0 spiro atoms. The minimum absolute atomic E-state index is 0.0581. The molecule has 0 bridgehead atoms. The molecular formula is C13H14F2O2. The SMILES string of the molecule is COC1(C(=O)Cc2ccc(F)c(F)c2)CCC1. The van der Waals surface area contributed by atoms with E-state index >= 15 is 0 Å². The number of methoxy groups -OCH3 is 1. The summed E-state index contributed by atoms with van der Waals surface area (Å²) in [6.45, 7) is 0. The Morgan fingerprint density at radius 2 is 2.06 bits per heavy atom. The molecule has 92 valence electrons. The Kier molecular flexibility index (Phi) is 3.24. The van der Waals surface area contributed by atoms with Gasteiger partial charge in [-0.05, 0) is 37.0 Å². The van der Waals surface area contributed by atoms with Gasteiger partial charge in [0.05, 0.1) is 0 Å². The maximum absolute atomic E-state index is 13.0. The zero-order valence-electron chi connectivity index (χ0n) is 9.63. The molecule has 1 aliphatic carbocycles. The molecule has 1 aromatic carbocycles. The van der Waals surface area contributed by atoms with E-state index in [2.05, 4.69) is 0 Å². The minimum atomic E-state index is -0.921. The van der Waals surface area contributed by atoms with Crippen LogP contribution in [0.15, 0.2) is 18.2 Å². The van der Waals surface area contributed by atoms with Crippen LogP contribution in [0.2, 0.25) is 0 Å². The topological polar surface area (TPSA) is 26.3 Å². The number of hydrogen-bond acceptors (Lipinski definition) is 2. The molecule has 0 heterocycles. The van der Waals surface area contributed by atoms with Crippen molar-refractivity contribution in [3.05, 3.63) is 35.4 Å². The quantitative estimate of drug-likeness (QED) is 0.808. The van der Waals surface area contributed by atoms with Gasteiger partial charge in [-0.2, -0.15) is 0 Å². The fraction of sp³-hybridized carbons (Fsp3) is 0.462. The van der Waals surface area contributed by atoms with E-state index in [0.29, 0.717) is 18.4 Å². The Morgan fingerprint density at radius 3 is 2.53 bits per heavy atom. The number of ether oxygens (including phenoxy) is 1. The first-order chi connectivity index (χ1) is 8.07. The van der Waals surface area contributed by atoms with Gasteiger partial charge >= 0.3 is 0 Å². The van der Waals surface area contributed by atoms with E-state index in [0.717, 1.165) is 18.6 Å². The maximum atomic E-state index is 13.0. The third-order valence-electron chi connectivity index (χ3n) is 3.41. The van der Waals surface area contributed by atoms with E-state index in [4.69, 9.17) is 4.74 Å². The normalized spacial score (nSPS) is 17.6. The number of halogens is 2. The summed E-state index contributed by atoms with van der Waals surface area (Å²) in [6, 6.07) is 3.53. The summed E-state index contributed by atoms with van der Waals surface area (Å²) in [6.07, 6.45) is 2.49. The molecule has 0 aliphatic heterocycles. The Bertz CT molecular complexity index is 434. The molecule has 0 unspecified atom stereocenters.